The maximum atomic E-state index is 13.0. The molecule has 0 aromatic heterocycles. The Hall–Kier alpha value is -2.48. The number of nitrogens with one attached hydrogen (secondary N) is 1. The van der Waals surface area contributed by atoms with E-state index >= 15 is 0 Å². The molecule has 1 N–H and O–H groups in total. The number of nitro groups is 1. The molecule has 0 bridgehead atoms. The summed E-state index contributed by atoms with van der Waals surface area (Å²) in [5, 5.41) is 14.9. The third-order valence-corrected chi connectivity index (χ3v) is 5.17. The van der Waals surface area contributed by atoms with E-state index < -0.39 is 34.6 Å². The first-order valence-corrected chi connectivity index (χ1v) is 9.42. The van der Waals surface area contributed by atoms with E-state index in [0.29, 0.717) is 5.56 Å². The van der Waals surface area contributed by atoms with Crippen molar-refractivity contribution >= 4 is 17.6 Å². The number of nitro benzene ring substituents is 1. The molecule has 8 nitrogen and oxygen atoms in total. The lowest BCUT2D eigenvalue weighted by atomic mass is 9.68. The van der Waals surface area contributed by atoms with Crippen LogP contribution in [-0.2, 0) is 19.1 Å². The van der Waals surface area contributed by atoms with Crippen LogP contribution >= 0.6 is 0 Å². The number of esters is 2. The Labute approximate surface area is 164 Å². The molecule has 5 unspecified atom stereocenters. The monoisotopic (exact) mass is 392 g/mol. The third-order valence-electron chi connectivity index (χ3n) is 5.17. The molecule has 8 heteroatoms. The average molecular weight is 392 g/mol. The van der Waals surface area contributed by atoms with Crippen molar-refractivity contribution in [2.75, 3.05) is 13.7 Å². The van der Waals surface area contributed by atoms with Crippen molar-refractivity contribution in [1.82, 2.24) is 5.32 Å². The fraction of sp³-hybridized carbons (Fsp3) is 0.600. The van der Waals surface area contributed by atoms with Crippen LogP contribution in [0, 0.1) is 27.9 Å². The van der Waals surface area contributed by atoms with Gasteiger partial charge in [0.1, 0.15) is 0 Å². The van der Waals surface area contributed by atoms with Gasteiger partial charge in [-0.25, -0.2) is 0 Å². The summed E-state index contributed by atoms with van der Waals surface area (Å²) in [6.07, 6.45) is 0. The van der Waals surface area contributed by atoms with Crippen LogP contribution < -0.4 is 5.32 Å². The average Bonchev–Trinajstić information content (AvgIpc) is 2.64. The minimum atomic E-state index is -0.765. The number of hydrogen-bond acceptors (Lipinski definition) is 7. The van der Waals surface area contributed by atoms with Gasteiger partial charge in [0.15, 0.2) is 0 Å². The third kappa shape index (κ3) is 4.49. The number of para-hydroxylation sites is 1. The summed E-state index contributed by atoms with van der Waals surface area (Å²) in [6.45, 7) is 7.73. The number of nitrogens with zero attached hydrogens (tertiary/aromatic N) is 1. The molecule has 0 saturated carbocycles. The molecule has 1 aromatic rings. The lowest BCUT2D eigenvalue weighted by Gasteiger charge is -2.43. The highest BCUT2D eigenvalue weighted by Gasteiger charge is 2.51. The van der Waals surface area contributed by atoms with E-state index in [1.54, 1.807) is 18.2 Å². The van der Waals surface area contributed by atoms with Gasteiger partial charge in [0.25, 0.3) is 5.69 Å². The standard InChI is InChI=1S/C20H28N2O6/c1-11(2)10-28-20(24)17-13(4)21-12(3)16(19(23)27-5)18(17)14-8-6-7-9-15(14)22(25)26/h6-9,11-13,16-18,21H,10H2,1-5H3. The second-order valence-corrected chi connectivity index (χ2v) is 7.68. The second kappa shape index (κ2) is 9.14. The fourth-order valence-corrected chi connectivity index (χ4v) is 3.97. The number of piperidine rings is 1. The molecular formula is C20H28N2O6. The van der Waals surface area contributed by atoms with Crippen molar-refractivity contribution in [2.24, 2.45) is 17.8 Å². The molecule has 0 aliphatic carbocycles. The number of carbonyl (C=O) groups is 2. The summed E-state index contributed by atoms with van der Waals surface area (Å²) in [5.74, 6) is -3.11. The Morgan fingerprint density at radius 3 is 2.25 bits per heavy atom. The van der Waals surface area contributed by atoms with Gasteiger partial charge < -0.3 is 14.8 Å². The van der Waals surface area contributed by atoms with Crippen LogP contribution in [0.2, 0.25) is 0 Å². The predicted molar refractivity (Wildman–Crippen MR) is 103 cm³/mol. The van der Waals surface area contributed by atoms with E-state index in [1.807, 2.05) is 27.7 Å². The highest BCUT2D eigenvalue weighted by molar-refractivity contribution is 5.80. The topological polar surface area (TPSA) is 108 Å². The Bertz CT molecular complexity index is 735. The van der Waals surface area contributed by atoms with E-state index in [9.17, 15) is 19.7 Å². The van der Waals surface area contributed by atoms with Gasteiger partial charge in [0.2, 0.25) is 0 Å². The van der Waals surface area contributed by atoms with Crippen molar-refractivity contribution in [3.8, 4) is 0 Å². The number of ether oxygens (including phenoxy) is 2. The van der Waals surface area contributed by atoms with Crippen molar-refractivity contribution in [2.45, 2.75) is 45.7 Å². The second-order valence-electron chi connectivity index (χ2n) is 7.68. The number of rotatable bonds is 6. The van der Waals surface area contributed by atoms with E-state index in [1.165, 1.54) is 13.2 Å². The zero-order valence-corrected chi connectivity index (χ0v) is 16.9. The molecule has 1 heterocycles. The number of hydrogen-bond donors (Lipinski definition) is 1. The first-order valence-electron chi connectivity index (χ1n) is 9.42. The summed E-state index contributed by atoms with van der Waals surface area (Å²) in [5.41, 5.74) is 0.221. The molecule has 154 valence electrons. The van der Waals surface area contributed by atoms with E-state index in [-0.39, 0.29) is 30.3 Å². The number of carbonyl (C=O) groups excluding carboxylic acids is 2. The smallest absolute Gasteiger partial charge is 0.311 e. The largest absolute Gasteiger partial charge is 0.469 e. The molecule has 0 amide bonds. The van der Waals surface area contributed by atoms with E-state index in [2.05, 4.69) is 5.32 Å². The van der Waals surface area contributed by atoms with Crippen LogP contribution in [0.4, 0.5) is 5.69 Å². The molecule has 5 atom stereocenters. The van der Waals surface area contributed by atoms with Crippen LogP contribution in [0.5, 0.6) is 0 Å². The summed E-state index contributed by atoms with van der Waals surface area (Å²) >= 11 is 0. The molecule has 1 aromatic carbocycles. The molecule has 1 saturated heterocycles. The minimum absolute atomic E-state index is 0.121. The van der Waals surface area contributed by atoms with Gasteiger partial charge in [0.05, 0.1) is 30.5 Å². The quantitative estimate of drug-likeness (QED) is 0.450. The molecule has 0 spiro atoms. The Morgan fingerprint density at radius 1 is 1.14 bits per heavy atom. The highest BCUT2D eigenvalue weighted by Crippen LogP contribution is 2.44. The maximum Gasteiger partial charge on any atom is 0.311 e. The lowest BCUT2D eigenvalue weighted by molar-refractivity contribution is -0.385. The van der Waals surface area contributed by atoms with Crippen LogP contribution in [0.3, 0.4) is 0 Å². The zero-order valence-electron chi connectivity index (χ0n) is 16.9. The van der Waals surface area contributed by atoms with Crippen LogP contribution in [0.15, 0.2) is 24.3 Å². The summed E-state index contributed by atoms with van der Waals surface area (Å²) in [6, 6.07) is 5.56. The normalized spacial score (nSPS) is 27.3. The Balaban J connectivity index is 2.59. The van der Waals surface area contributed by atoms with Gasteiger partial charge in [-0.1, -0.05) is 32.0 Å². The van der Waals surface area contributed by atoms with Gasteiger partial charge in [-0.15, -0.1) is 0 Å². The maximum absolute atomic E-state index is 13.0. The van der Waals surface area contributed by atoms with Crippen LogP contribution in [-0.4, -0.2) is 42.7 Å². The summed E-state index contributed by atoms with van der Waals surface area (Å²) in [4.78, 5) is 36.7. The van der Waals surface area contributed by atoms with E-state index in [0.717, 1.165) is 0 Å². The fourth-order valence-electron chi connectivity index (χ4n) is 3.97. The Morgan fingerprint density at radius 2 is 1.71 bits per heavy atom. The molecule has 0 radical (unpaired) electrons. The van der Waals surface area contributed by atoms with Crippen molar-refractivity contribution in [3.05, 3.63) is 39.9 Å². The van der Waals surface area contributed by atoms with Crippen LogP contribution in [0.25, 0.3) is 0 Å². The van der Waals surface area contributed by atoms with Crippen molar-refractivity contribution < 1.29 is 24.0 Å². The van der Waals surface area contributed by atoms with Crippen LogP contribution in [0.1, 0.15) is 39.2 Å². The van der Waals surface area contributed by atoms with Crippen molar-refractivity contribution in [3.63, 3.8) is 0 Å². The Kier molecular flexibility index (Phi) is 7.12. The minimum Gasteiger partial charge on any atom is -0.469 e. The summed E-state index contributed by atoms with van der Waals surface area (Å²) in [7, 11) is 1.27. The van der Waals surface area contributed by atoms with Gasteiger partial charge in [-0.3, -0.25) is 19.7 Å². The predicted octanol–water partition coefficient (Wildman–Crippen LogP) is 2.66. The lowest BCUT2D eigenvalue weighted by Crippen LogP contribution is -2.58. The first-order chi connectivity index (χ1) is 13.2. The number of benzene rings is 1. The highest BCUT2D eigenvalue weighted by atomic mass is 16.6. The van der Waals surface area contributed by atoms with Gasteiger partial charge >= 0.3 is 11.9 Å². The van der Waals surface area contributed by atoms with E-state index in [4.69, 9.17) is 9.47 Å². The van der Waals surface area contributed by atoms with Gasteiger partial charge in [-0.2, -0.15) is 0 Å². The van der Waals surface area contributed by atoms with Gasteiger partial charge in [-0.05, 0) is 19.8 Å². The number of methoxy groups -OCH3 is 1. The van der Waals surface area contributed by atoms with Crippen molar-refractivity contribution in [1.29, 1.82) is 0 Å². The molecular weight excluding hydrogens is 364 g/mol. The molecule has 1 aliphatic rings. The molecule has 28 heavy (non-hydrogen) atoms. The SMILES string of the molecule is COC(=O)C1C(C)NC(C)C(C(=O)OCC(C)C)C1c1ccccc1[N+](=O)[O-]. The zero-order chi connectivity index (χ0) is 21.0. The van der Waals surface area contributed by atoms with Gasteiger partial charge in [0, 0.05) is 29.6 Å². The molecule has 1 aliphatic heterocycles. The first kappa shape index (κ1) is 21.8. The molecule has 1 fully saturated rings. The molecule has 2 rings (SSSR count). The summed E-state index contributed by atoms with van der Waals surface area (Å²) < 4.78 is 10.4.